The van der Waals surface area contributed by atoms with Crippen LogP contribution in [-0.4, -0.2) is 31.6 Å². The van der Waals surface area contributed by atoms with Crippen molar-refractivity contribution in [2.24, 2.45) is 10.7 Å². The largest absolute Gasteiger partial charge is 0.493 e. The van der Waals surface area contributed by atoms with Gasteiger partial charge in [0.25, 0.3) is 0 Å². The van der Waals surface area contributed by atoms with E-state index >= 15 is 0 Å². The number of rotatable bonds is 4. The summed E-state index contributed by atoms with van der Waals surface area (Å²) in [7, 11) is 0. The van der Waals surface area contributed by atoms with Crippen LogP contribution in [0, 0.1) is 0 Å². The summed E-state index contributed by atoms with van der Waals surface area (Å²) in [5, 5.41) is 5.87. The molecule has 108 valence electrons. The van der Waals surface area contributed by atoms with Crippen molar-refractivity contribution in [1.29, 1.82) is 0 Å². The van der Waals surface area contributed by atoms with Crippen molar-refractivity contribution in [1.82, 2.24) is 10.6 Å². The van der Waals surface area contributed by atoms with Crippen LogP contribution >= 0.6 is 0 Å². The highest BCUT2D eigenvalue weighted by Gasteiger charge is 2.20. The van der Waals surface area contributed by atoms with Crippen molar-refractivity contribution >= 4 is 11.9 Å². The van der Waals surface area contributed by atoms with E-state index in [1.54, 1.807) is 0 Å². The molecule has 1 heterocycles. The number of benzene rings is 1. The van der Waals surface area contributed by atoms with Gasteiger partial charge in [-0.05, 0) is 6.07 Å². The number of carbonyl (C=O) groups excluding carboxylic acids is 1. The van der Waals surface area contributed by atoms with Gasteiger partial charge < -0.3 is 21.1 Å². The molecule has 1 aromatic carbocycles. The van der Waals surface area contributed by atoms with E-state index in [2.05, 4.69) is 15.6 Å². The molecule has 0 spiro atoms. The lowest BCUT2D eigenvalue weighted by molar-refractivity contribution is -0.118. The number of hydrogen-bond donors (Lipinski definition) is 3. The van der Waals surface area contributed by atoms with Crippen LogP contribution in [0.15, 0.2) is 29.3 Å². The molecule has 1 amide bonds. The summed E-state index contributed by atoms with van der Waals surface area (Å²) in [4.78, 5) is 14.9. The number of amides is 1. The standard InChI is InChI=1S/C14H20N4O2/c1-10(19)16-7-8-17-14(15)18-12-6-9-20-13-5-3-2-4-11(12)13/h2-5,12H,6-9H2,1H3,(H,16,19)(H3,15,17,18). The maximum Gasteiger partial charge on any atom is 0.216 e. The lowest BCUT2D eigenvalue weighted by atomic mass is 10.0. The Hall–Kier alpha value is -2.24. The Morgan fingerprint density at radius 3 is 3.10 bits per heavy atom. The molecular weight excluding hydrogens is 256 g/mol. The molecule has 1 atom stereocenters. The van der Waals surface area contributed by atoms with Crippen molar-refractivity contribution in [3.8, 4) is 5.75 Å². The fourth-order valence-corrected chi connectivity index (χ4v) is 2.12. The summed E-state index contributed by atoms with van der Waals surface area (Å²) in [6, 6.07) is 8.02. The number of fused-ring (bicyclic) bond motifs is 1. The molecule has 1 aliphatic heterocycles. The van der Waals surface area contributed by atoms with E-state index in [1.165, 1.54) is 6.92 Å². The second-order valence-corrected chi connectivity index (χ2v) is 4.62. The smallest absolute Gasteiger partial charge is 0.216 e. The van der Waals surface area contributed by atoms with Gasteiger partial charge in [0.15, 0.2) is 5.96 Å². The first-order chi connectivity index (χ1) is 9.66. The summed E-state index contributed by atoms with van der Waals surface area (Å²) in [5.74, 6) is 1.21. The highest BCUT2D eigenvalue weighted by atomic mass is 16.5. The fourth-order valence-electron chi connectivity index (χ4n) is 2.12. The third kappa shape index (κ3) is 3.88. The monoisotopic (exact) mass is 276 g/mol. The molecule has 1 aromatic rings. The second-order valence-electron chi connectivity index (χ2n) is 4.62. The molecule has 1 unspecified atom stereocenters. The van der Waals surface area contributed by atoms with E-state index in [4.69, 9.17) is 10.5 Å². The normalized spacial score (nSPS) is 17.9. The van der Waals surface area contributed by atoms with E-state index in [9.17, 15) is 4.79 Å². The predicted octanol–water partition coefficient (Wildman–Crippen LogP) is 0.551. The van der Waals surface area contributed by atoms with Crippen LogP contribution in [0.2, 0.25) is 0 Å². The van der Waals surface area contributed by atoms with Crippen molar-refractivity contribution in [3.63, 3.8) is 0 Å². The number of carbonyl (C=O) groups is 1. The summed E-state index contributed by atoms with van der Waals surface area (Å²) in [5.41, 5.74) is 6.96. The predicted molar refractivity (Wildman–Crippen MR) is 77.6 cm³/mol. The summed E-state index contributed by atoms with van der Waals surface area (Å²) >= 11 is 0. The SMILES string of the molecule is CC(=O)NCCN=C(N)NC1CCOc2ccccc21. The van der Waals surface area contributed by atoms with Gasteiger partial charge in [-0.25, -0.2) is 0 Å². The van der Waals surface area contributed by atoms with E-state index < -0.39 is 0 Å². The fraction of sp³-hybridized carbons (Fsp3) is 0.429. The maximum atomic E-state index is 10.7. The number of guanidine groups is 1. The minimum Gasteiger partial charge on any atom is -0.493 e. The van der Waals surface area contributed by atoms with Crippen LogP contribution in [0.5, 0.6) is 5.75 Å². The molecule has 0 fully saturated rings. The Morgan fingerprint density at radius 1 is 1.50 bits per heavy atom. The van der Waals surface area contributed by atoms with Gasteiger partial charge in [-0.1, -0.05) is 18.2 Å². The topological polar surface area (TPSA) is 88.7 Å². The van der Waals surface area contributed by atoms with Crippen LogP contribution in [0.4, 0.5) is 0 Å². The zero-order chi connectivity index (χ0) is 14.4. The number of nitrogens with one attached hydrogen (secondary N) is 2. The quantitative estimate of drug-likeness (QED) is 0.426. The molecule has 0 saturated heterocycles. The van der Waals surface area contributed by atoms with Crippen molar-refractivity contribution in [2.75, 3.05) is 19.7 Å². The van der Waals surface area contributed by atoms with Gasteiger partial charge in [-0.3, -0.25) is 9.79 Å². The van der Waals surface area contributed by atoms with Crippen LogP contribution in [0.1, 0.15) is 24.9 Å². The highest BCUT2D eigenvalue weighted by Crippen LogP contribution is 2.31. The van der Waals surface area contributed by atoms with Gasteiger partial charge >= 0.3 is 0 Å². The van der Waals surface area contributed by atoms with E-state index in [0.29, 0.717) is 25.7 Å². The van der Waals surface area contributed by atoms with E-state index in [-0.39, 0.29) is 11.9 Å². The van der Waals surface area contributed by atoms with Gasteiger partial charge in [-0.2, -0.15) is 0 Å². The van der Waals surface area contributed by atoms with Gasteiger partial charge in [0.2, 0.25) is 5.91 Å². The zero-order valence-corrected chi connectivity index (χ0v) is 11.6. The minimum atomic E-state index is -0.0647. The molecule has 1 aliphatic rings. The van der Waals surface area contributed by atoms with Gasteiger partial charge in [0.05, 0.1) is 19.2 Å². The third-order valence-corrected chi connectivity index (χ3v) is 3.05. The molecule has 4 N–H and O–H groups in total. The Balaban J connectivity index is 1.90. The average molecular weight is 276 g/mol. The number of hydrogen-bond acceptors (Lipinski definition) is 3. The van der Waals surface area contributed by atoms with Gasteiger partial charge in [0, 0.05) is 25.5 Å². The molecule has 0 bridgehead atoms. The maximum absolute atomic E-state index is 10.7. The number of ether oxygens (including phenoxy) is 1. The summed E-state index contributed by atoms with van der Waals surface area (Å²) in [6.45, 7) is 3.09. The third-order valence-electron chi connectivity index (χ3n) is 3.05. The van der Waals surface area contributed by atoms with Crippen LogP contribution < -0.4 is 21.1 Å². The summed E-state index contributed by atoms with van der Waals surface area (Å²) in [6.07, 6.45) is 0.846. The number of aliphatic imine (C=N–C) groups is 1. The van der Waals surface area contributed by atoms with Gasteiger partial charge in [0.1, 0.15) is 5.75 Å². The molecule has 0 radical (unpaired) electrons. The molecule has 0 saturated carbocycles. The number of para-hydroxylation sites is 1. The Bertz CT molecular complexity index is 502. The summed E-state index contributed by atoms with van der Waals surface area (Å²) < 4.78 is 5.59. The van der Waals surface area contributed by atoms with Gasteiger partial charge in [-0.15, -0.1) is 0 Å². The van der Waals surface area contributed by atoms with Crippen LogP contribution in [0.25, 0.3) is 0 Å². The van der Waals surface area contributed by atoms with Crippen molar-refractivity contribution in [2.45, 2.75) is 19.4 Å². The first-order valence-corrected chi connectivity index (χ1v) is 6.69. The number of nitrogens with zero attached hydrogens (tertiary/aromatic N) is 1. The van der Waals surface area contributed by atoms with Crippen LogP contribution in [0.3, 0.4) is 0 Å². The van der Waals surface area contributed by atoms with E-state index in [1.807, 2.05) is 24.3 Å². The Labute approximate surface area is 118 Å². The van der Waals surface area contributed by atoms with E-state index in [0.717, 1.165) is 17.7 Å². The first kappa shape index (κ1) is 14.2. The van der Waals surface area contributed by atoms with Crippen molar-refractivity contribution in [3.05, 3.63) is 29.8 Å². The molecule has 0 aromatic heterocycles. The Kier molecular flexibility index (Phi) is 4.81. The molecule has 6 nitrogen and oxygen atoms in total. The second kappa shape index (κ2) is 6.79. The van der Waals surface area contributed by atoms with Crippen molar-refractivity contribution < 1.29 is 9.53 Å². The molecule has 6 heteroatoms. The molecule has 0 aliphatic carbocycles. The first-order valence-electron chi connectivity index (χ1n) is 6.69. The zero-order valence-electron chi connectivity index (χ0n) is 11.6. The molecule has 20 heavy (non-hydrogen) atoms. The van der Waals surface area contributed by atoms with Crippen LogP contribution in [-0.2, 0) is 4.79 Å². The lowest BCUT2D eigenvalue weighted by Gasteiger charge is -2.26. The lowest BCUT2D eigenvalue weighted by Crippen LogP contribution is -2.38. The Morgan fingerprint density at radius 2 is 2.30 bits per heavy atom. The minimum absolute atomic E-state index is 0.0647. The average Bonchev–Trinajstić information content (AvgIpc) is 2.44. The highest BCUT2D eigenvalue weighted by molar-refractivity contribution is 5.78. The molecular formula is C14H20N4O2. The number of nitrogens with two attached hydrogens (primary N) is 1. The molecule has 2 rings (SSSR count).